The molecule has 21 heavy (non-hydrogen) atoms. The predicted octanol–water partition coefficient (Wildman–Crippen LogP) is 4.35. The molecule has 0 spiro atoms. The summed E-state index contributed by atoms with van der Waals surface area (Å²) in [5.74, 6) is -0.330. The summed E-state index contributed by atoms with van der Waals surface area (Å²) in [6.07, 6.45) is 0.341. The summed E-state index contributed by atoms with van der Waals surface area (Å²) in [5.41, 5.74) is 2.87. The third kappa shape index (κ3) is 3.04. The van der Waals surface area contributed by atoms with Gasteiger partial charge in [-0.25, -0.2) is 4.39 Å². The van der Waals surface area contributed by atoms with E-state index in [-0.39, 0.29) is 11.7 Å². The number of anilines is 2. The number of halogens is 3. The molecule has 0 bridgehead atoms. The van der Waals surface area contributed by atoms with E-state index in [1.165, 1.54) is 6.07 Å². The predicted molar refractivity (Wildman–Crippen MR) is 85.2 cm³/mol. The Labute approximate surface area is 134 Å². The number of rotatable bonds is 3. The molecule has 2 N–H and O–H groups in total. The van der Waals surface area contributed by atoms with Gasteiger partial charge < -0.3 is 10.6 Å². The maximum atomic E-state index is 13.8. The number of carbonyl (C=O) groups excluding carboxylic acids is 1. The van der Waals surface area contributed by atoms with Gasteiger partial charge in [0.25, 0.3) is 0 Å². The fourth-order valence-corrected chi connectivity index (χ4v) is 2.80. The van der Waals surface area contributed by atoms with E-state index in [9.17, 15) is 9.18 Å². The highest BCUT2D eigenvalue weighted by molar-refractivity contribution is 9.10. The molecule has 2 aromatic carbocycles. The molecule has 0 atom stereocenters. The van der Waals surface area contributed by atoms with Crippen LogP contribution in [0.25, 0.3) is 0 Å². The fourth-order valence-electron chi connectivity index (χ4n) is 2.24. The molecular weight excluding hydrogens is 359 g/mol. The van der Waals surface area contributed by atoms with Crippen molar-refractivity contribution in [1.29, 1.82) is 0 Å². The molecule has 0 aliphatic carbocycles. The fraction of sp³-hybridized carbons (Fsp3) is 0.133. The van der Waals surface area contributed by atoms with Gasteiger partial charge in [-0.2, -0.15) is 0 Å². The maximum Gasteiger partial charge on any atom is 0.228 e. The Morgan fingerprint density at radius 2 is 2.14 bits per heavy atom. The third-order valence-electron chi connectivity index (χ3n) is 3.30. The first-order valence-electron chi connectivity index (χ1n) is 6.33. The number of carbonyl (C=O) groups is 1. The van der Waals surface area contributed by atoms with Crippen LogP contribution in [0.15, 0.2) is 34.8 Å². The van der Waals surface area contributed by atoms with E-state index in [2.05, 4.69) is 26.6 Å². The van der Waals surface area contributed by atoms with Gasteiger partial charge in [0, 0.05) is 22.3 Å². The quantitative estimate of drug-likeness (QED) is 0.844. The smallest absolute Gasteiger partial charge is 0.228 e. The summed E-state index contributed by atoms with van der Waals surface area (Å²) in [7, 11) is 0. The normalized spacial score (nSPS) is 13.0. The van der Waals surface area contributed by atoms with Gasteiger partial charge in [0.2, 0.25) is 5.91 Å². The van der Waals surface area contributed by atoms with E-state index < -0.39 is 0 Å². The van der Waals surface area contributed by atoms with Crippen LogP contribution in [0.2, 0.25) is 5.02 Å². The van der Waals surface area contributed by atoms with Crippen LogP contribution in [0.1, 0.15) is 11.1 Å². The Kier molecular flexibility index (Phi) is 3.87. The van der Waals surface area contributed by atoms with Gasteiger partial charge >= 0.3 is 0 Å². The lowest BCUT2D eigenvalue weighted by Gasteiger charge is -2.11. The van der Waals surface area contributed by atoms with Crippen LogP contribution in [-0.4, -0.2) is 5.91 Å². The standard InChI is InChI=1S/C15H11BrClFN2O/c16-10-2-1-8(12(18)5-10)7-19-14-3-9-4-15(21)20-13(9)6-11(14)17/h1-3,5-6,19H,4,7H2,(H,20,21). The van der Waals surface area contributed by atoms with Gasteiger partial charge in [-0.15, -0.1) is 0 Å². The molecule has 1 amide bonds. The van der Waals surface area contributed by atoms with Crippen LogP contribution in [0, 0.1) is 5.82 Å². The first kappa shape index (κ1) is 14.4. The van der Waals surface area contributed by atoms with Gasteiger partial charge in [-0.05, 0) is 29.8 Å². The molecule has 2 aromatic rings. The zero-order valence-corrected chi connectivity index (χ0v) is 13.2. The maximum absolute atomic E-state index is 13.8. The van der Waals surface area contributed by atoms with E-state index in [0.717, 1.165) is 11.3 Å². The van der Waals surface area contributed by atoms with Crippen molar-refractivity contribution < 1.29 is 9.18 Å². The Morgan fingerprint density at radius 3 is 2.90 bits per heavy atom. The summed E-state index contributed by atoms with van der Waals surface area (Å²) in [4.78, 5) is 11.3. The summed E-state index contributed by atoms with van der Waals surface area (Å²) >= 11 is 9.39. The van der Waals surface area contributed by atoms with E-state index in [4.69, 9.17) is 11.6 Å². The minimum absolute atomic E-state index is 0.0443. The average molecular weight is 370 g/mol. The topological polar surface area (TPSA) is 41.1 Å². The molecule has 0 aromatic heterocycles. The number of hydrogen-bond acceptors (Lipinski definition) is 2. The molecule has 6 heteroatoms. The molecular formula is C15H11BrClFN2O. The lowest BCUT2D eigenvalue weighted by atomic mass is 10.1. The number of nitrogens with one attached hydrogen (secondary N) is 2. The minimum Gasteiger partial charge on any atom is -0.380 e. The highest BCUT2D eigenvalue weighted by Gasteiger charge is 2.19. The van der Waals surface area contributed by atoms with E-state index in [0.29, 0.717) is 33.7 Å². The first-order chi connectivity index (χ1) is 10.0. The van der Waals surface area contributed by atoms with E-state index in [1.807, 2.05) is 6.07 Å². The third-order valence-corrected chi connectivity index (χ3v) is 4.11. The van der Waals surface area contributed by atoms with Crippen molar-refractivity contribution >= 4 is 44.8 Å². The Bertz CT molecular complexity index is 736. The average Bonchev–Trinajstić information content (AvgIpc) is 2.76. The van der Waals surface area contributed by atoms with Gasteiger partial charge in [0.1, 0.15) is 5.82 Å². The first-order valence-corrected chi connectivity index (χ1v) is 7.50. The largest absolute Gasteiger partial charge is 0.380 e. The molecule has 0 fully saturated rings. The van der Waals surface area contributed by atoms with Crippen molar-refractivity contribution in [3.63, 3.8) is 0 Å². The number of fused-ring (bicyclic) bond motifs is 1. The van der Waals surface area contributed by atoms with Crippen molar-refractivity contribution in [3.05, 3.63) is 56.8 Å². The SMILES string of the molecule is O=C1Cc2cc(NCc3ccc(Br)cc3F)c(Cl)cc2N1. The van der Waals surface area contributed by atoms with E-state index >= 15 is 0 Å². The van der Waals surface area contributed by atoms with E-state index in [1.54, 1.807) is 18.2 Å². The molecule has 0 saturated carbocycles. The Morgan fingerprint density at radius 1 is 1.33 bits per heavy atom. The lowest BCUT2D eigenvalue weighted by molar-refractivity contribution is -0.115. The monoisotopic (exact) mass is 368 g/mol. The molecule has 1 aliphatic rings. The molecule has 3 nitrogen and oxygen atoms in total. The molecule has 108 valence electrons. The van der Waals surface area contributed by atoms with Crippen LogP contribution in [-0.2, 0) is 17.8 Å². The second kappa shape index (κ2) is 5.66. The molecule has 0 unspecified atom stereocenters. The summed E-state index contributed by atoms with van der Waals surface area (Å²) in [6.45, 7) is 0.318. The second-order valence-electron chi connectivity index (χ2n) is 4.80. The number of benzene rings is 2. The molecule has 0 radical (unpaired) electrons. The van der Waals surface area contributed by atoms with Gasteiger partial charge in [-0.1, -0.05) is 33.6 Å². The van der Waals surface area contributed by atoms with Gasteiger partial charge in [0.05, 0.1) is 17.1 Å². The highest BCUT2D eigenvalue weighted by Crippen LogP contribution is 2.33. The zero-order valence-electron chi connectivity index (χ0n) is 10.8. The number of amides is 1. The van der Waals surface area contributed by atoms with Gasteiger partial charge in [-0.3, -0.25) is 4.79 Å². The van der Waals surface area contributed by atoms with Crippen molar-refractivity contribution in [2.75, 3.05) is 10.6 Å². The highest BCUT2D eigenvalue weighted by atomic mass is 79.9. The second-order valence-corrected chi connectivity index (χ2v) is 6.13. The van der Waals surface area contributed by atoms with Crippen molar-refractivity contribution in [2.45, 2.75) is 13.0 Å². The van der Waals surface area contributed by atoms with Crippen molar-refractivity contribution in [2.24, 2.45) is 0 Å². The minimum atomic E-state index is -0.286. The number of hydrogen-bond donors (Lipinski definition) is 2. The van der Waals surface area contributed by atoms with Crippen LogP contribution < -0.4 is 10.6 Å². The molecule has 1 aliphatic heterocycles. The van der Waals surface area contributed by atoms with Crippen LogP contribution >= 0.6 is 27.5 Å². The van der Waals surface area contributed by atoms with Crippen LogP contribution in [0.3, 0.4) is 0 Å². The van der Waals surface area contributed by atoms with Crippen molar-refractivity contribution in [3.8, 4) is 0 Å². The molecule has 3 rings (SSSR count). The van der Waals surface area contributed by atoms with Crippen LogP contribution in [0.5, 0.6) is 0 Å². The molecule has 1 heterocycles. The summed E-state index contributed by atoms with van der Waals surface area (Å²) in [5, 5.41) is 6.34. The molecule has 0 saturated heterocycles. The zero-order chi connectivity index (χ0) is 15.0. The Balaban J connectivity index is 1.79. The Hall–Kier alpha value is -1.59. The lowest BCUT2D eigenvalue weighted by Crippen LogP contribution is -2.03. The summed E-state index contributed by atoms with van der Waals surface area (Å²) in [6, 6.07) is 8.45. The summed E-state index contributed by atoms with van der Waals surface area (Å²) < 4.78 is 14.5. The van der Waals surface area contributed by atoms with Gasteiger partial charge in [0.15, 0.2) is 0 Å². The van der Waals surface area contributed by atoms with Crippen LogP contribution in [0.4, 0.5) is 15.8 Å². The van der Waals surface area contributed by atoms with Crippen molar-refractivity contribution in [1.82, 2.24) is 0 Å².